The van der Waals surface area contributed by atoms with E-state index in [9.17, 15) is 28.9 Å². The number of hydrogen-bond donors (Lipinski definition) is 2. The summed E-state index contributed by atoms with van der Waals surface area (Å²) >= 11 is 0. The summed E-state index contributed by atoms with van der Waals surface area (Å²) in [6, 6.07) is 0. The number of phosphoric acid groups is 1. The standard InChI is InChI=1S/C58H103O11P/c1-4-7-10-13-16-19-21-23-25-26-27-28-30-32-34-37-40-43-46-49-58(62)69-55(51-65-56(60)47-44-41-38-35-18-15-12-9-6-3)53-67-70(63,64)66-52-54(50-59)68-57(61)48-45-42-39-36-33-31-29-24-22-20-17-14-11-8-5-2/h8,11,17,20,24,29,33,36,42,45,54-55,59H,4-7,9-10,12-16,18-19,21-23,25-28,30-32,34-35,37-41,43-44,46-53H2,1-3H3,(H,63,64)/b11-8-,20-17-,29-24-,36-33-,45-42-. The summed E-state index contributed by atoms with van der Waals surface area (Å²) in [5.74, 6) is -1.59. The maximum Gasteiger partial charge on any atom is 0.472 e. The molecule has 0 aromatic carbocycles. The molecule has 0 fully saturated rings. The van der Waals surface area contributed by atoms with Crippen LogP contribution in [0.2, 0.25) is 0 Å². The number of ether oxygens (including phenoxy) is 3. The summed E-state index contributed by atoms with van der Waals surface area (Å²) in [5, 5.41) is 9.77. The van der Waals surface area contributed by atoms with Gasteiger partial charge < -0.3 is 24.2 Å². The first-order chi connectivity index (χ1) is 34.2. The molecule has 0 spiro atoms. The summed E-state index contributed by atoms with van der Waals surface area (Å²) < 4.78 is 39.3. The van der Waals surface area contributed by atoms with E-state index in [0.29, 0.717) is 19.3 Å². The highest BCUT2D eigenvalue weighted by atomic mass is 31.2. The smallest absolute Gasteiger partial charge is 0.462 e. The van der Waals surface area contributed by atoms with Gasteiger partial charge in [-0.05, 0) is 44.9 Å². The largest absolute Gasteiger partial charge is 0.472 e. The predicted molar refractivity (Wildman–Crippen MR) is 288 cm³/mol. The lowest BCUT2D eigenvalue weighted by Gasteiger charge is -2.21. The molecule has 0 aliphatic rings. The molecule has 406 valence electrons. The van der Waals surface area contributed by atoms with Crippen LogP contribution in [0.3, 0.4) is 0 Å². The molecule has 0 radical (unpaired) electrons. The van der Waals surface area contributed by atoms with Gasteiger partial charge in [0, 0.05) is 12.8 Å². The zero-order valence-electron chi connectivity index (χ0n) is 44.7. The Bertz CT molecular complexity index is 1410. The number of allylic oxidation sites excluding steroid dienone is 9. The van der Waals surface area contributed by atoms with E-state index >= 15 is 0 Å². The fourth-order valence-electron chi connectivity index (χ4n) is 7.73. The van der Waals surface area contributed by atoms with Crippen molar-refractivity contribution in [3.8, 4) is 0 Å². The van der Waals surface area contributed by atoms with E-state index in [1.807, 2.05) is 18.2 Å². The minimum atomic E-state index is -4.76. The molecular weight excluding hydrogens is 904 g/mol. The van der Waals surface area contributed by atoms with E-state index in [1.165, 1.54) is 128 Å². The topological polar surface area (TPSA) is 155 Å². The highest BCUT2D eigenvalue weighted by Crippen LogP contribution is 2.43. The minimum Gasteiger partial charge on any atom is -0.462 e. The number of aliphatic hydroxyl groups is 1. The fourth-order valence-corrected chi connectivity index (χ4v) is 8.51. The first kappa shape index (κ1) is 67.2. The molecular formula is C58H103O11P. The Labute approximate surface area is 427 Å². The molecule has 0 aromatic heterocycles. The van der Waals surface area contributed by atoms with Crippen molar-refractivity contribution in [2.24, 2.45) is 0 Å². The van der Waals surface area contributed by atoms with Gasteiger partial charge in [0.15, 0.2) is 6.10 Å². The van der Waals surface area contributed by atoms with E-state index < -0.39 is 57.8 Å². The Kier molecular flexibility index (Phi) is 50.4. The van der Waals surface area contributed by atoms with Gasteiger partial charge in [0.1, 0.15) is 12.7 Å². The highest BCUT2D eigenvalue weighted by Gasteiger charge is 2.28. The Balaban J connectivity index is 4.69. The van der Waals surface area contributed by atoms with Crippen molar-refractivity contribution in [1.82, 2.24) is 0 Å². The maximum atomic E-state index is 12.9. The van der Waals surface area contributed by atoms with Crippen molar-refractivity contribution in [3.63, 3.8) is 0 Å². The van der Waals surface area contributed by atoms with Crippen LogP contribution in [0.4, 0.5) is 0 Å². The van der Waals surface area contributed by atoms with Crippen molar-refractivity contribution in [3.05, 3.63) is 60.8 Å². The summed E-state index contributed by atoms with van der Waals surface area (Å²) in [5.41, 5.74) is 0. The normalized spacial score (nSPS) is 13.8. The van der Waals surface area contributed by atoms with Gasteiger partial charge in [-0.1, -0.05) is 248 Å². The average Bonchev–Trinajstić information content (AvgIpc) is 3.35. The molecule has 0 rings (SSSR count). The molecule has 3 unspecified atom stereocenters. The van der Waals surface area contributed by atoms with Gasteiger partial charge in [-0.3, -0.25) is 23.4 Å². The molecule has 0 amide bonds. The van der Waals surface area contributed by atoms with Gasteiger partial charge in [-0.25, -0.2) is 4.57 Å². The molecule has 11 nitrogen and oxygen atoms in total. The quantitative estimate of drug-likeness (QED) is 0.0197. The maximum absolute atomic E-state index is 12.9. The van der Waals surface area contributed by atoms with Crippen LogP contribution in [0.15, 0.2) is 60.8 Å². The van der Waals surface area contributed by atoms with Gasteiger partial charge in [0.05, 0.1) is 26.2 Å². The Hall–Kier alpha value is -2.82. The third kappa shape index (κ3) is 50.1. The highest BCUT2D eigenvalue weighted by molar-refractivity contribution is 7.47. The molecule has 3 atom stereocenters. The number of phosphoric ester groups is 1. The van der Waals surface area contributed by atoms with Gasteiger partial charge in [-0.15, -0.1) is 0 Å². The van der Waals surface area contributed by atoms with Crippen LogP contribution in [0.5, 0.6) is 0 Å². The molecule has 0 bridgehead atoms. The van der Waals surface area contributed by atoms with E-state index in [4.69, 9.17) is 23.3 Å². The lowest BCUT2D eigenvalue weighted by atomic mass is 10.0. The second-order valence-electron chi connectivity index (χ2n) is 18.8. The number of unbranched alkanes of at least 4 members (excludes halogenated alkanes) is 26. The number of carbonyl (C=O) groups excluding carboxylic acids is 3. The zero-order chi connectivity index (χ0) is 51.3. The van der Waals surface area contributed by atoms with Crippen LogP contribution in [0.25, 0.3) is 0 Å². The number of carbonyl (C=O) groups is 3. The lowest BCUT2D eigenvalue weighted by Crippen LogP contribution is -2.30. The Morgan fingerprint density at radius 2 is 0.743 bits per heavy atom. The van der Waals surface area contributed by atoms with Crippen LogP contribution in [0.1, 0.15) is 252 Å². The number of rotatable bonds is 52. The number of esters is 3. The lowest BCUT2D eigenvalue weighted by molar-refractivity contribution is -0.161. The first-order valence-electron chi connectivity index (χ1n) is 28.2. The minimum absolute atomic E-state index is 0.0538. The number of aliphatic hydroxyl groups excluding tert-OH is 1. The van der Waals surface area contributed by atoms with Gasteiger partial charge in [0.25, 0.3) is 0 Å². The fraction of sp³-hybridized carbons (Fsp3) is 0.776. The molecule has 0 aromatic rings. The summed E-state index contributed by atoms with van der Waals surface area (Å²) in [7, 11) is -4.76. The first-order valence-corrected chi connectivity index (χ1v) is 29.7. The van der Waals surface area contributed by atoms with E-state index in [1.54, 1.807) is 6.08 Å². The third-order valence-corrected chi connectivity index (χ3v) is 12.9. The second kappa shape index (κ2) is 52.5. The molecule has 0 aliphatic heterocycles. The molecule has 0 heterocycles. The van der Waals surface area contributed by atoms with Gasteiger partial charge >= 0.3 is 25.7 Å². The SMILES string of the molecule is CC/C=C\C/C=C\C/C=C\C/C=C\C/C=C\CC(=O)OC(CO)COP(=O)(O)OCC(COC(=O)CCCCCCCCCCC)OC(=O)CCCCCCCCCCCCCCCCCCCCC. The zero-order valence-corrected chi connectivity index (χ0v) is 45.6. The molecule has 0 aliphatic carbocycles. The monoisotopic (exact) mass is 1010 g/mol. The third-order valence-electron chi connectivity index (χ3n) is 12.0. The molecule has 70 heavy (non-hydrogen) atoms. The summed E-state index contributed by atoms with van der Waals surface area (Å²) in [6.45, 7) is 4.42. The van der Waals surface area contributed by atoms with Crippen molar-refractivity contribution in [1.29, 1.82) is 0 Å². The van der Waals surface area contributed by atoms with Gasteiger partial charge in [-0.2, -0.15) is 0 Å². The van der Waals surface area contributed by atoms with Crippen molar-refractivity contribution < 1.29 is 52.2 Å². The summed E-state index contributed by atoms with van der Waals surface area (Å²) in [6.07, 6.45) is 56.6. The average molecular weight is 1010 g/mol. The molecule has 2 N–H and O–H groups in total. The molecule has 12 heteroatoms. The van der Waals surface area contributed by atoms with E-state index in [0.717, 1.165) is 64.2 Å². The van der Waals surface area contributed by atoms with Gasteiger partial charge in [0.2, 0.25) is 0 Å². The Morgan fingerprint density at radius 3 is 1.13 bits per heavy atom. The van der Waals surface area contributed by atoms with Crippen LogP contribution in [0, 0.1) is 0 Å². The van der Waals surface area contributed by atoms with Crippen LogP contribution in [-0.2, 0) is 42.2 Å². The van der Waals surface area contributed by atoms with Crippen molar-refractivity contribution in [2.45, 2.75) is 264 Å². The predicted octanol–water partition coefficient (Wildman–Crippen LogP) is 16.4. The number of hydrogen-bond acceptors (Lipinski definition) is 10. The molecule has 0 saturated carbocycles. The summed E-state index contributed by atoms with van der Waals surface area (Å²) in [4.78, 5) is 48.3. The van der Waals surface area contributed by atoms with Crippen LogP contribution < -0.4 is 0 Å². The van der Waals surface area contributed by atoms with Crippen molar-refractivity contribution >= 4 is 25.7 Å². The second-order valence-corrected chi connectivity index (χ2v) is 20.2. The molecule has 0 saturated heterocycles. The van der Waals surface area contributed by atoms with Crippen LogP contribution >= 0.6 is 7.82 Å². The van der Waals surface area contributed by atoms with Crippen LogP contribution in [-0.4, -0.2) is 66.5 Å². The Morgan fingerprint density at radius 1 is 0.414 bits per heavy atom. The van der Waals surface area contributed by atoms with Crippen molar-refractivity contribution in [2.75, 3.05) is 26.4 Å². The van der Waals surface area contributed by atoms with E-state index in [2.05, 4.69) is 57.2 Å². The van der Waals surface area contributed by atoms with E-state index in [-0.39, 0.29) is 25.9 Å².